The Balaban J connectivity index is 2.02. The molecule has 0 aliphatic heterocycles. The summed E-state index contributed by atoms with van der Waals surface area (Å²) in [7, 11) is 0. The Hall–Kier alpha value is -1.83. The largest absolute Gasteiger partial charge is 0.398 e. The van der Waals surface area contributed by atoms with E-state index in [1.54, 1.807) is 0 Å². The van der Waals surface area contributed by atoms with Gasteiger partial charge in [0, 0.05) is 17.7 Å². The standard InChI is InChI=1S/C15H15NO/c16-14-9-12-4-2-1-3-11(12)8-13(14)15(17)7-10-5-6-10/h1-4,8-10H,5-7,16H2. The van der Waals surface area contributed by atoms with E-state index in [0.717, 1.165) is 10.8 Å². The fourth-order valence-electron chi connectivity index (χ4n) is 2.19. The Bertz CT molecular complexity index is 584. The minimum absolute atomic E-state index is 0.191. The summed E-state index contributed by atoms with van der Waals surface area (Å²) in [4.78, 5) is 12.1. The Morgan fingerprint density at radius 1 is 1.18 bits per heavy atom. The van der Waals surface area contributed by atoms with E-state index in [1.807, 2.05) is 36.4 Å². The zero-order chi connectivity index (χ0) is 11.8. The molecular weight excluding hydrogens is 210 g/mol. The summed E-state index contributed by atoms with van der Waals surface area (Å²) < 4.78 is 0. The van der Waals surface area contributed by atoms with Gasteiger partial charge in [0.1, 0.15) is 0 Å². The van der Waals surface area contributed by atoms with E-state index >= 15 is 0 Å². The molecule has 1 aliphatic carbocycles. The van der Waals surface area contributed by atoms with E-state index in [1.165, 1.54) is 12.8 Å². The van der Waals surface area contributed by atoms with Crippen LogP contribution in [0.25, 0.3) is 10.8 Å². The number of fused-ring (bicyclic) bond motifs is 1. The van der Waals surface area contributed by atoms with E-state index in [0.29, 0.717) is 23.6 Å². The molecule has 0 saturated heterocycles. The number of nitrogen functional groups attached to an aromatic ring is 1. The molecule has 2 aromatic carbocycles. The van der Waals surface area contributed by atoms with Gasteiger partial charge in [0.25, 0.3) is 0 Å². The fourth-order valence-corrected chi connectivity index (χ4v) is 2.19. The van der Waals surface area contributed by atoms with Gasteiger partial charge in [-0.2, -0.15) is 0 Å². The highest BCUT2D eigenvalue weighted by atomic mass is 16.1. The number of nitrogens with two attached hydrogens (primary N) is 1. The van der Waals surface area contributed by atoms with Crippen molar-refractivity contribution in [2.24, 2.45) is 5.92 Å². The monoisotopic (exact) mass is 225 g/mol. The zero-order valence-electron chi connectivity index (χ0n) is 9.65. The molecule has 17 heavy (non-hydrogen) atoms. The molecule has 2 nitrogen and oxygen atoms in total. The van der Waals surface area contributed by atoms with E-state index in [9.17, 15) is 4.79 Å². The van der Waals surface area contributed by atoms with Crippen LogP contribution in [0, 0.1) is 5.92 Å². The molecule has 1 fully saturated rings. The summed E-state index contributed by atoms with van der Waals surface area (Å²) in [5.41, 5.74) is 7.26. The average Bonchev–Trinajstić information content (AvgIpc) is 3.12. The number of benzene rings is 2. The Morgan fingerprint density at radius 3 is 2.47 bits per heavy atom. The highest BCUT2D eigenvalue weighted by Gasteiger charge is 2.25. The van der Waals surface area contributed by atoms with Gasteiger partial charge in [-0.15, -0.1) is 0 Å². The van der Waals surface area contributed by atoms with Crippen LogP contribution >= 0.6 is 0 Å². The number of carbonyl (C=O) groups excluding carboxylic acids is 1. The number of Topliss-reactive ketones (excluding diaryl/α,β-unsaturated/α-hetero) is 1. The van der Waals surface area contributed by atoms with Crippen molar-refractivity contribution in [3.05, 3.63) is 42.0 Å². The second-order valence-corrected chi connectivity index (χ2v) is 4.86. The van der Waals surface area contributed by atoms with Crippen molar-refractivity contribution in [1.82, 2.24) is 0 Å². The molecular formula is C15H15NO. The van der Waals surface area contributed by atoms with Crippen LogP contribution < -0.4 is 5.73 Å². The van der Waals surface area contributed by atoms with Gasteiger partial charge in [0.15, 0.2) is 5.78 Å². The van der Waals surface area contributed by atoms with E-state index in [2.05, 4.69) is 0 Å². The van der Waals surface area contributed by atoms with Crippen molar-refractivity contribution >= 4 is 22.2 Å². The molecule has 0 heterocycles. The maximum Gasteiger partial charge on any atom is 0.165 e. The van der Waals surface area contributed by atoms with Gasteiger partial charge in [-0.3, -0.25) is 4.79 Å². The molecule has 86 valence electrons. The van der Waals surface area contributed by atoms with Crippen molar-refractivity contribution in [2.75, 3.05) is 5.73 Å². The molecule has 1 saturated carbocycles. The molecule has 0 atom stereocenters. The molecule has 3 rings (SSSR count). The third kappa shape index (κ3) is 2.03. The minimum Gasteiger partial charge on any atom is -0.398 e. The molecule has 2 heteroatoms. The first kappa shape index (κ1) is 10.3. The topological polar surface area (TPSA) is 43.1 Å². The van der Waals surface area contributed by atoms with Crippen molar-refractivity contribution in [1.29, 1.82) is 0 Å². The summed E-state index contributed by atoms with van der Waals surface area (Å²) in [6, 6.07) is 11.8. The van der Waals surface area contributed by atoms with E-state index < -0.39 is 0 Å². The Labute approximate surface area is 100 Å². The smallest absolute Gasteiger partial charge is 0.165 e. The average molecular weight is 225 g/mol. The fraction of sp³-hybridized carbons (Fsp3) is 0.267. The van der Waals surface area contributed by atoms with Crippen LogP contribution in [0.5, 0.6) is 0 Å². The molecule has 2 N–H and O–H groups in total. The minimum atomic E-state index is 0.191. The number of hydrogen-bond acceptors (Lipinski definition) is 2. The quantitative estimate of drug-likeness (QED) is 0.642. The first-order valence-electron chi connectivity index (χ1n) is 6.05. The lowest BCUT2D eigenvalue weighted by atomic mass is 9.99. The SMILES string of the molecule is Nc1cc2ccccc2cc1C(=O)CC1CC1. The van der Waals surface area contributed by atoms with Gasteiger partial charge in [-0.25, -0.2) is 0 Å². The van der Waals surface area contributed by atoms with Gasteiger partial charge in [-0.05, 0) is 41.7 Å². The van der Waals surface area contributed by atoms with Gasteiger partial charge in [0.2, 0.25) is 0 Å². The summed E-state index contributed by atoms with van der Waals surface area (Å²) in [6.45, 7) is 0. The zero-order valence-corrected chi connectivity index (χ0v) is 9.65. The predicted molar refractivity (Wildman–Crippen MR) is 70.0 cm³/mol. The maximum atomic E-state index is 12.1. The Morgan fingerprint density at radius 2 is 1.82 bits per heavy atom. The first-order chi connectivity index (χ1) is 8.24. The Kier molecular flexibility index (Phi) is 2.36. The first-order valence-corrected chi connectivity index (χ1v) is 6.05. The predicted octanol–water partition coefficient (Wildman–Crippen LogP) is 3.40. The van der Waals surface area contributed by atoms with E-state index in [4.69, 9.17) is 5.73 Å². The number of hydrogen-bond donors (Lipinski definition) is 1. The van der Waals surface area contributed by atoms with Crippen molar-refractivity contribution < 1.29 is 4.79 Å². The van der Waals surface area contributed by atoms with Crippen LogP contribution in [0.2, 0.25) is 0 Å². The summed E-state index contributed by atoms with van der Waals surface area (Å²) >= 11 is 0. The lowest BCUT2D eigenvalue weighted by Crippen LogP contribution is -2.04. The molecule has 0 radical (unpaired) electrons. The highest BCUT2D eigenvalue weighted by Crippen LogP contribution is 2.34. The number of anilines is 1. The summed E-state index contributed by atoms with van der Waals surface area (Å²) in [6.07, 6.45) is 3.04. The molecule has 0 bridgehead atoms. The molecule has 0 spiro atoms. The molecule has 0 unspecified atom stereocenters. The van der Waals surface area contributed by atoms with Crippen molar-refractivity contribution in [3.63, 3.8) is 0 Å². The van der Waals surface area contributed by atoms with Crippen LogP contribution in [0.3, 0.4) is 0 Å². The van der Waals surface area contributed by atoms with Crippen LogP contribution in [0.1, 0.15) is 29.6 Å². The van der Waals surface area contributed by atoms with Gasteiger partial charge >= 0.3 is 0 Å². The van der Waals surface area contributed by atoms with Gasteiger partial charge in [0.05, 0.1) is 0 Å². The van der Waals surface area contributed by atoms with Gasteiger partial charge in [-0.1, -0.05) is 24.3 Å². The van der Waals surface area contributed by atoms with Crippen molar-refractivity contribution in [2.45, 2.75) is 19.3 Å². The molecule has 1 aliphatic rings. The normalized spacial score (nSPS) is 15.1. The van der Waals surface area contributed by atoms with Crippen LogP contribution in [0.4, 0.5) is 5.69 Å². The second-order valence-electron chi connectivity index (χ2n) is 4.86. The molecule has 0 aromatic heterocycles. The molecule has 2 aromatic rings. The van der Waals surface area contributed by atoms with Gasteiger partial charge < -0.3 is 5.73 Å². The number of carbonyl (C=O) groups is 1. The van der Waals surface area contributed by atoms with Crippen molar-refractivity contribution in [3.8, 4) is 0 Å². The number of rotatable bonds is 3. The third-order valence-electron chi connectivity index (χ3n) is 3.39. The third-order valence-corrected chi connectivity index (χ3v) is 3.39. The summed E-state index contributed by atoms with van der Waals surface area (Å²) in [5, 5.41) is 2.17. The van der Waals surface area contributed by atoms with Crippen LogP contribution in [-0.4, -0.2) is 5.78 Å². The van der Waals surface area contributed by atoms with E-state index in [-0.39, 0.29) is 5.78 Å². The lowest BCUT2D eigenvalue weighted by molar-refractivity contribution is 0.0977. The molecule has 0 amide bonds. The highest BCUT2D eigenvalue weighted by molar-refractivity contribution is 6.05. The van der Waals surface area contributed by atoms with Crippen LogP contribution in [0.15, 0.2) is 36.4 Å². The number of ketones is 1. The van der Waals surface area contributed by atoms with Crippen LogP contribution in [-0.2, 0) is 0 Å². The second kappa shape index (κ2) is 3.88. The lowest BCUT2D eigenvalue weighted by Gasteiger charge is -2.06. The summed E-state index contributed by atoms with van der Waals surface area (Å²) in [5.74, 6) is 0.795. The maximum absolute atomic E-state index is 12.1.